The standard InChI is InChI=1S/C33H29NO4/c35-32(37-20-30-26-14-5-1-10-22(26)23-11-2-6-15-27(23)30)18-9-19-34-33(36)38-21-31-28-16-7-3-12-24(28)25-13-4-8-17-29(25)31/h1-8,10-17,30-31H,9,18-21H2,(H,34,36). The van der Waals surface area contributed by atoms with E-state index in [1.54, 1.807) is 0 Å². The number of fused-ring (bicyclic) bond motifs is 6. The van der Waals surface area contributed by atoms with Gasteiger partial charge in [-0.3, -0.25) is 4.79 Å². The van der Waals surface area contributed by atoms with Crippen LogP contribution in [0.5, 0.6) is 0 Å². The van der Waals surface area contributed by atoms with Gasteiger partial charge in [0.2, 0.25) is 0 Å². The maximum atomic E-state index is 12.4. The molecule has 6 rings (SSSR count). The van der Waals surface area contributed by atoms with Gasteiger partial charge in [-0.2, -0.15) is 0 Å². The van der Waals surface area contributed by atoms with Crippen LogP contribution in [0.25, 0.3) is 22.3 Å². The highest BCUT2D eigenvalue weighted by Gasteiger charge is 2.30. The fraction of sp³-hybridized carbons (Fsp3) is 0.212. The molecule has 5 nitrogen and oxygen atoms in total. The first kappa shape index (κ1) is 24.0. The van der Waals surface area contributed by atoms with Crippen molar-refractivity contribution >= 4 is 12.1 Å². The van der Waals surface area contributed by atoms with Crippen LogP contribution in [-0.4, -0.2) is 31.8 Å². The molecule has 0 radical (unpaired) electrons. The summed E-state index contributed by atoms with van der Waals surface area (Å²) in [4.78, 5) is 24.8. The van der Waals surface area contributed by atoms with Gasteiger partial charge in [0.15, 0.2) is 0 Å². The van der Waals surface area contributed by atoms with Gasteiger partial charge in [-0.05, 0) is 50.9 Å². The zero-order valence-electron chi connectivity index (χ0n) is 21.1. The normalized spacial score (nSPS) is 13.3. The molecule has 1 amide bonds. The molecule has 2 aliphatic carbocycles. The van der Waals surface area contributed by atoms with Crippen molar-refractivity contribution in [2.75, 3.05) is 19.8 Å². The highest BCUT2D eigenvalue weighted by molar-refractivity contribution is 5.80. The smallest absolute Gasteiger partial charge is 0.407 e. The highest BCUT2D eigenvalue weighted by atomic mass is 16.5. The molecular formula is C33H29NO4. The average molecular weight is 504 g/mol. The maximum Gasteiger partial charge on any atom is 0.407 e. The SMILES string of the molecule is O=C(CCCNC(=O)OCC1c2ccccc2-c2ccccc21)OCC1c2ccccc2-c2ccccc21. The number of hydrogen-bond acceptors (Lipinski definition) is 4. The van der Waals surface area contributed by atoms with Crippen LogP contribution >= 0.6 is 0 Å². The van der Waals surface area contributed by atoms with Crippen molar-refractivity contribution in [2.24, 2.45) is 0 Å². The van der Waals surface area contributed by atoms with Crippen molar-refractivity contribution in [3.63, 3.8) is 0 Å². The third-order valence-corrected chi connectivity index (χ3v) is 7.54. The number of hydrogen-bond donors (Lipinski definition) is 1. The van der Waals surface area contributed by atoms with Gasteiger partial charge in [-0.25, -0.2) is 4.79 Å². The molecule has 0 fully saturated rings. The van der Waals surface area contributed by atoms with E-state index in [2.05, 4.69) is 53.8 Å². The second-order valence-electron chi connectivity index (χ2n) is 9.77. The number of benzene rings is 4. The van der Waals surface area contributed by atoms with E-state index in [0.29, 0.717) is 19.6 Å². The molecule has 0 heterocycles. The molecule has 5 heteroatoms. The minimum absolute atomic E-state index is 0.0222. The molecule has 0 spiro atoms. The molecule has 190 valence electrons. The van der Waals surface area contributed by atoms with Crippen molar-refractivity contribution in [1.29, 1.82) is 0 Å². The van der Waals surface area contributed by atoms with Crippen LogP contribution in [0.3, 0.4) is 0 Å². The van der Waals surface area contributed by atoms with Crippen molar-refractivity contribution < 1.29 is 19.1 Å². The molecule has 0 atom stereocenters. The Morgan fingerprint density at radius 3 is 1.42 bits per heavy atom. The number of nitrogens with one attached hydrogen (secondary N) is 1. The first-order chi connectivity index (χ1) is 18.7. The quantitative estimate of drug-likeness (QED) is 0.216. The van der Waals surface area contributed by atoms with Gasteiger partial charge in [0, 0.05) is 24.8 Å². The van der Waals surface area contributed by atoms with E-state index >= 15 is 0 Å². The Balaban J connectivity index is 0.952. The van der Waals surface area contributed by atoms with Gasteiger partial charge in [0.25, 0.3) is 0 Å². The fourth-order valence-corrected chi connectivity index (χ4v) is 5.76. The van der Waals surface area contributed by atoms with E-state index in [-0.39, 0.29) is 30.8 Å². The Morgan fingerprint density at radius 2 is 0.974 bits per heavy atom. The summed E-state index contributed by atoms with van der Waals surface area (Å²) in [6, 6.07) is 33.0. The van der Waals surface area contributed by atoms with Gasteiger partial charge in [-0.1, -0.05) is 97.1 Å². The van der Waals surface area contributed by atoms with Gasteiger partial charge in [-0.15, -0.1) is 0 Å². The summed E-state index contributed by atoms with van der Waals surface area (Å²) in [5.74, 6) is -0.194. The summed E-state index contributed by atoms with van der Waals surface area (Å²) < 4.78 is 11.2. The van der Waals surface area contributed by atoms with E-state index in [9.17, 15) is 9.59 Å². The third kappa shape index (κ3) is 4.56. The number of alkyl carbamates (subject to hydrolysis) is 1. The van der Waals surface area contributed by atoms with E-state index < -0.39 is 6.09 Å². The van der Waals surface area contributed by atoms with Crippen molar-refractivity contribution in [3.8, 4) is 22.3 Å². The first-order valence-electron chi connectivity index (χ1n) is 13.1. The van der Waals surface area contributed by atoms with Gasteiger partial charge in [0.1, 0.15) is 13.2 Å². The zero-order chi connectivity index (χ0) is 25.9. The van der Waals surface area contributed by atoms with Crippen LogP contribution in [0.1, 0.15) is 46.9 Å². The largest absolute Gasteiger partial charge is 0.465 e. The number of amides is 1. The predicted molar refractivity (Wildman–Crippen MR) is 147 cm³/mol. The molecule has 2 aliphatic rings. The maximum absolute atomic E-state index is 12.4. The Bertz CT molecular complexity index is 1290. The van der Waals surface area contributed by atoms with Crippen molar-refractivity contribution in [3.05, 3.63) is 119 Å². The number of esters is 1. The molecular weight excluding hydrogens is 474 g/mol. The lowest BCUT2D eigenvalue weighted by atomic mass is 9.98. The molecule has 0 saturated carbocycles. The summed E-state index contributed by atoms with van der Waals surface area (Å²) in [5, 5.41) is 2.76. The van der Waals surface area contributed by atoms with Gasteiger partial charge >= 0.3 is 12.1 Å². The van der Waals surface area contributed by atoms with Crippen LogP contribution in [0.2, 0.25) is 0 Å². The molecule has 1 N–H and O–H groups in total. The van der Waals surface area contributed by atoms with Crippen molar-refractivity contribution in [2.45, 2.75) is 24.7 Å². The average Bonchev–Trinajstić information content (AvgIpc) is 3.46. The third-order valence-electron chi connectivity index (χ3n) is 7.54. The summed E-state index contributed by atoms with van der Waals surface area (Å²) in [5.41, 5.74) is 9.54. The Kier molecular flexibility index (Phi) is 6.65. The monoisotopic (exact) mass is 503 g/mol. The lowest BCUT2D eigenvalue weighted by Gasteiger charge is -2.15. The fourth-order valence-electron chi connectivity index (χ4n) is 5.76. The van der Waals surface area contributed by atoms with E-state index in [1.165, 1.54) is 44.5 Å². The predicted octanol–water partition coefficient (Wildman–Crippen LogP) is 6.66. The highest BCUT2D eigenvalue weighted by Crippen LogP contribution is 2.45. The summed E-state index contributed by atoms with van der Waals surface area (Å²) >= 11 is 0. The summed E-state index contributed by atoms with van der Waals surface area (Å²) in [7, 11) is 0. The molecule has 4 aromatic rings. The lowest BCUT2D eigenvalue weighted by molar-refractivity contribution is -0.144. The van der Waals surface area contributed by atoms with Crippen LogP contribution in [0.4, 0.5) is 4.79 Å². The zero-order valence-corrected chi connectivity index (χ0v) is 21.1. The molecule has 0 unspecified atom stereocenters. The van der Waals surface area contributed by atoms with E-state index in [1.807, 2.05) is 48.5 Å². The van der Waals surface area contributed by atoms with Crippen LogP contribution in [0.15, 0.2) is 97.1 Å². The number of rotatable bonds is 8. The summed E-state index contributed by atoms with van der Waals surface area (Å²) in [6.45, 7) is 0.930. The molecule has 0 aliphatic heterocycles. The molecule has 0 aromatic heterocycles. The number of ether oxygens (including phenoxy) is 2. The summed E-state index contributed by atoms with van der Waals surface area (Å²) in [6.07, 6.45) is 0.250. The molecule has 38 heavy (non-hydrogen) atoms. The molecule has 0 bridgehead atoms. The lowest BCUT2D eigenvalue weighted by Crippen LogP contribution is -2.27. The number of carbonyl (C=O) groups excluding carboxylic acids is 2. The van der Waals surface area contributed by atoms with Crippen LogP contribution < -0.4 is 5.32 Å². The Hall–Kier alpha value is -4.38. The van der Waals surface area contributed by atoms with E-state index in [4.69, 9.17) is 9.47 Å². The van der Waals surface area contributed by atoms with Crippen LogP contribution in [0, 0.1) is 0 Å². The van der Waals surface area contributed by atoms with E-state index in [0.717, 1.165) is 0 Å². The Morgan fingerprint density at radius 1 is 0.579 bits per heavy atom. The minimum Gasteiger partial charge on any atom is -0.465 e. The first-order valence-corrected chi connectivity index (χ1v) is 13.1. The molecule has 0 saturated heterocycles. The minimum atomic E-state index is -0.473. The second-order valence-corrected chi connectivity index (χ2v) is 9.77. The number of carbonyl (C=O) groups is 2. The Labute approximate surface area is 222 Å². The van der Waals surface area contributed by atoms with Gasteiger partial charge in [0.05, 0.1) is 0 Å². The van der Waals surface area contributed by atoms with Crippen LogP contribution in [-0.2, 0) is 14.3 Å². The topological polar surface area (TPSA) is 64.6 Å². The van der Waals surface area contributed by atoms with Gasteiger partial charge < -0.3 is 14.8 Å². The molecule has 4 aromatic carbocycles. The van der Waals surface area contributed by atoms with Crippen molar-refractivity contribution in [1.82, 2.24) is 5.32 Å². The second kappa shape index (κ2) is 10.5.